The van der Waals surface area contributed by atoms with Gasteiger partial charge in [-0.05, 0) is 44.0 Å². The van der Waals surface area contributed by atoms with Crippen molar-refractivity contribution < 1.29 is 14.3 Å². The number of likely N-dealkylation sites (tertiary alicyclic amines) is 1. The lowest BCUT2D eigenvalue weighted by atomic mass is 9.96. The zero-order chi connectivity index (χ0) is 19.3. The summed E-state index contributed by atoms with van der Waals surface area (Å²) < 4.78 is 13.4. The van der Waals surface area contributed by atoms with Crippen LogP contribution in [-0.4, -0.2) is 53.2 Å². The fraction of sp³-hybridized carbons (Fsp3) is 0.524. The van der Waals surface area contributed by atoms with Crippen LogP contribution in [0.5, 0.6) is 11.5 Å². The van der Waals surface area contributed by atoms with Crippen LogP contribution in [0.3, 0.4) is 0 Å². The third-order valence-corrected chi connectivity index (χ3v) is 5.47. The number of fused-ring (bicyclic) bond motifs is 1. The molecule has 1 amide bonds. The number of nitrogens with zero attached hydrogens (tertiary/aromatic N) is 3. The Bertz CT molecular complexity index is 812. The average Bonchev–Trinajstić information content (AvgIpc) is 3.16. The Morgan fingerprint density at radius 1 is 1.21 bits per heavy atom. The van der Waals surface area contributed by atoms with Gasteiger partial charge in [0.2, 0.25) is 5.91 Å². The summed E-state index contributed by atoms with van der Waals surface area (Å²) in [6, 6.07) is 5.53. The quantitative estimate of drug-likeness (QED) is 0.829. The highest BCUT2D eigenvalue weighted by atomic mass is 16.6. The van der Waals surface area contributed by atoms with Crippen LogP contribution in [0.2, 0.25) is 0 Å². The molecule has 0 atom stereocenters. The molecule has 28 heavy (non-hydrogen) atoms. The summed E-state index contributed by atoms with van der Waals surface area (Å²) in [6.45, 7) is 6.60. The Morgan fingerprint density at radius 2 is 2.00 bits per heavy atom. The summed E-state index contributed by atoms with van der Waals surface area (Å²) in [4.78, 5) is 19.1. The molecule has 150 valence electrons. The molecule has 0 aliphatic carbocycles. The summed E-state index contributed by atoms with van der Waals surface area (Å²) in [5, 5.41) is 2.97. The molecule has 4 rings (SSSR count). The Balaban J connectivity index is 1.24. The smallest absolute Gasteiger partial charge is 0.238 e. The Morgan fingerprint density at radius 3 is 2.79 bits per heavy atom. The molecule has 1 fully saturated rings. The lowest BCUT2D eigenvalue weighted by Gasteiger charge is -2.31. The molecule has 7 nitrogen and oxygen atoms in total. The number of imidazole rings is 1. The fourth-order valence-electron chi connectivity index (χ4n) is 3.95. The van der Waals surface area contributed by atoms with E-state index in [1.165, 1.54) is 0 Å². The minimum atomic E-state index is 0.0120. The molecule has 7 heteroatoms. The van der Waals surface area contributed by atoms with Crippen LogP contribution in [0.1, 0.15) is 25.6 Å². The van der Waals surface area contributed by atoms with Crippen LogP contribution in [0.15, 0.2) is 30.6 Å². The van der Waals surface area contributed by atoms with E-state index in [0.717, 1.165) is 56.2 Å². The molecule has 0 unspecified atom stereocenters. The lowest BCUT2D eigenvalue weighted by Crippen LogP contribution is -2.40. The number of anilines is 1. The zero-order valence-electron chi connectivity index (χ0n) is 16.4. The topological polar surface area (TPSA) is 68.6 Å². The molecule has 0 spiro atoms. The van der Waals surface area contributed by atoms with Gasteiger partial charge in [0.1, 0.15) is 19.0 Å². The van der Waals surface area contributed by atoms with Crippen molar-refractivity contribution in [1.82, 2.24) is 14.5 Å². The number of piperidine rings is 1. The molecule has 2 aliphatic rings. The number of carbonyl (C=O) groups excluding carboxylic acids is 1. The van der Waals surface area contributed by atoms with Gasteiger partial charge in [-0.1, -0.05) is 6.92 Å². The summed E-state index contributed by atoms with van der Waals surface area (Å²) >= 11 is 0. The maximum absolute atomic E-state index is 12.4. The van der Waals surface area contributed by atoms with E-state index in [4.69, 9.17) is 9.47 Å². The maximum Gasteiger partial charge on any atom is 0.238 e. The van der Waals surface area contributed by atoms with Crippen molar-refractivity contribution in [3.8, 4) is 11.5 Å². The van der Waals surface area contributed by atoms with Gasteiger partial charge >= 0.3 is 0 Å². The SMILES string of the molecule is CCc1nccn1CC1CCN(CC(=O)Nc2ccc3c(c2)OCCO3)CC1. The predicted molar refractivity (Wildman–Crippen MR) is 107 cm³/mol. The van der Waals surface area contributed by atoms with E-state index < -0.39 is 0 Å². The molecule has 0 radical (unpaired) electrons. The van der Waals surface area contributed by atoms with E-state index in [1.54, 1.807) is 0 Å². The van der Waals surface area contributed by atoms with Crippen molar-refractivity contribution in [2.75, 3.05) is 38.2 Å². The van der Waals surface area contributed by atoms with Gasteiger partial charge in [0.05, 0.1) is 6.54 Å². The van der Waals surface area contributed by atoms with E-state index in [9.17, 15) is 4.79 Å². The van der Waals surface area contributed by atoms with Crippen molar-refractivity contribution in [2.45, 2.75) is 32.7 Å². The number of aryl methyl sites for hydroxylation is 1. The maximum atomic E-state index is 12.4. The summed E-state index contributed by atoms with van der Waals surface area (Å²) in [5.41, 5.74) is 0.747. The van der Waals surface area contributed by atoms with Crippen molar-refractivity contribution in [2.24, 2.45) is 5.92 Å². The number of nitrogens with one attached hydrogen (secondary N) is 1. The first-order valence-corrected chi connectivity index (χ1v) is 10.1. The third kappa shape index (κ3) is 4.47. The van der Waals surface area contributed by atoms with Crippen molar-refractivity contribution >= 4 is 11.6 Å². The monoisotopic (exact) mass is 384 g/mol. The Kier molecular flexibility index (Phi) is 5.81. The number of hydrogen-bond donors (Lipinski definition) is 1. The van der Waals surface area contributed by atoms with E-state index in [-0.39, 0.29) is 5.91 Å². The highest BCUT2D eigenvalue weighted by Gasteiger charge is 2.22. The van der Waals surface area contributed by atoms with Crippen molar-refractivity contribution in [1.29, 1.82) is 0 Å². The summed E-state index contributed by atoms with van der Waals surface area (Å²) in [5.74, 6) is 3.24. The van der Waals surface area contributed by atoms with Crippen LogP contribution in [0.4, 0.5) is 5.69 Å². The summed E-state index contributed by atoms with van der Waals surface area (Å²) in [7, 11) is 0. The van der Waals surface area contributed by atoms with Crippen molar-refractivity contribution in [3.05, 3.63) is 36.4 Å². The number of hydrogen-bond acceptors (Lipinski definition) is 5. The number of amides is 1. The first-order chi connectivity index (χ1) is 13.7. The second kappa shape index (κ2) is 8.65. The highest BCUT2D eigenvalue weighted by Crippen LogP contribution is 2.32. The number of aromatic nitrogens is 2. The van der Waals surface area contributed by atoms with E-state index in [1.807, 2.05) is 24.4 Å². The van der Waals surface area contributed by atoms with Crippen molar-refractivity contribution in [3.63, 3.8) is 0 Å². The molecule has 0 bridgehead atoms. The second-order valence-electron chi connectivity index (χ2n) is 7.48. The summed E-state index contributed by atoms with van der Waals surface area (Å²) in [6.07, 6.45) is 7.14. The van der Waals surface area contributed by atoms with Crippen LogP contribution < -0.4 is 14.8 Å². The average molecular weight is 384 g/mol. The molecular weight excluding hydrogens is 356 g/mol. The van der Waals surface area contributed by atoms with Gasteiger partial charge < -0.3 is 19.4 Å². The molecule has 1 aromatic carbocycles. The van der Waals surface area contributed by atoms with Gasteiger partial charge in [-0.15, -0.1) is 0 Å². The number of ether oxygens (including phenoxy) is 2. The molecule has 1 N–H and O–H groups in total. The standard InChI is InChI=1S/C21H28N4O3/c1-2-20-22-7-10-25(20)14-16-5-8-24(9-6-16)15-21(26)23-17-3-4-18-19(13-17)28-12-11-27-18/h3-4,7,10,13,16H,2,5-6,8-9,11-12,14-15H2,1H3,(H,23,26). The van der Waals surface area contributed by atoms with Gasteiger partial charge in [0.15, 0.2) is 11.5 Å². The number of benzene rings is 1. The molecular formula is C21H28N4O3. The molecule has 2 aromatic rings. The van der Waals surface area contributed by atoms with Gasteiger partial charge in [-0.3, -0.25) is 9.69 Å². The van der Waals surface area contributed by atoms with Gasteiger partial charge in [0, 0.05) is 37.1 Å². The molecule has 0 saturated carbocycles. The first-order valence-electron chi connectivity index (χ1n) is 10.1. The van der Waals surface area contributed by atoms with E-state index >= 15 is 0 Å². The lowest BCUT2D eigenvalue weighted by molar-refractivity contribution is -0.117. The molecule has 1 aromatic heterocycles. The van der Waals surface area contributed by atoms with Gasteiger partial charge in [-0.2, -0.15) is 0 Å². The van der Waals surface area contributed by atoms with Gasteiger partial charge in [0.25, 0.3) is 0 Å². The second-order valence-corrected chi connectivity index (χ2v) is 7.48. The van der Waals surface area contributed by atoms with Crippen LogP contribution in [-0.2, 0) is 17.8 Å². The Hall–Kier alpha value is -2.54. The first kappa shape index (κ1) is 18.8. The van der Waals surface area contributed by atoms with E-state index in [2.05, 4.69) is 32.9 Å². The van der Waals surface area contributed by atoms with E-state index in [0.29, 0.717) is 31.4 Å². The minimum absolute atomic E-state index is 0.0120. The normalized spacial score (nSPS) is 17.5. The van der Waals surface area contributed by atoms with Crippen LogP contribution >= 0.6 is 0 Å². The predicted octanol–water partition coefficient (Wildman–Crippen LogP) is 2.57. The van der Waals surface area contributed by atoms with Gasteiger partial charge in [-0.25, -0.2) is 4.98 Å². The Labute approximate surface area is 165 Å². The van der Waals surface area contributed by atoms with Crippen LogP contribution in [0.25, 0.3) is 0 Å². The largest absolute Gasteiger partial charge is 0.486 e. The third-order valence-electron chi connectivity index (χ3n) is 5.47. The number of rotatable bonds is 6. The molecule has 2 aliphatic heterocycles. The minimum Gasteiger partial charge on any atom is -0.486 e. The number of carbonyl (C=O) groups is 1. The zero-order valence-corrected chi connectivity index (χ0v) is 16.4. The molecule has 1 saturated heterocycles. The van der Waals surface area contributed by atoms with Crippen LogP contribution in [0, 0.1) is 5.92 Å². The highest BCUT2D eigenvalue weighted by molar-refractivity contribution is 5.92. The fourth-order valence-corrected chi connectivity index (χ4v) is 3.95. The molecule has 3 heterocycles.